The largest absolute Gasteiger partial charge is 0.378 e. The maximum Gasteiger partial charge on any atom is 0.0843 e. The molecule has 5 heteroatoms. The van der Waals surface area contributed by atoms with E-state index in [0.717, 1.165) is 23.9 Å². The van der Waals surface area contributed by atoms with Crippen molar-refractivity contribution in [1.82, 2.24) is 0 Å². The fraction of sp³-hybridized carbons (Fsp3) is 0.636. The number of hydrogen-bond acceptors (Lipinski definition) is 2. The molecule has 2 heterocycles. The van der Waals surface area contributed by atoms with Crippen molar-refractivity contribution >= 4 is 59.1 Å². The van der Waals surface area contributed by atoms with Gasteiger partial charge in [0.15, 0.2) is 0 Å². The van der Waals surface area contributed by atoms with Gasteiger partial charge in [0.1, 0.15) is 0 Å². The molecule has 16 heavy (non-hydrogen) atoms. The predicted octanol–water partition coefficient (Wildman–Crippen LogP) is 5.67. The van der Waals surface area contributed by atoms with Crippen molar-refractivity contribution in [3.63, 3.8) is 0 Å². The molecule has 2 atom stereocenters. The number of alkyl halides is 1. The van der Waals surface area contributed by atoms with E-state index in [-0.39, 0.29) is 0 Å². The van der Waals surface area contributed by atoms with Gasteiger partial charge in [0.05, 0.1) is 9.89 Å². The molecular weight excluding hydrogens is 420 g/mol. The minimum atomic E-state index is 0.448. The average molecular weight is 433 g/mol. The van der Waals surface area contributed by atoms with Gasteiger partial charge in [-0.3, -0.25) is 0 Å². The van der Waals surface area contributed by atoms with Crippen LogP contribution in [0.4, 0.5) is 0 Å². The summed E-state index contributed by atoms with van der Waals surface area (Å²) < 4.78 is 7.95. The van der Waals surface area contributed by atoms with Crippen molar-refractivity contribution in [2.45, 2.75) is 36.6 Å². The zero-order valence-electron chi connectivity index (χ0n) is 8.72. The standard InChI is InChI=1S/C11H13Br3OS/c12-8(4-3-7-2-1-5-15-7)10-6-9(13)11(14)16-10/h6-8H,1-5H2. The van der Waals surface area contributed by atoms with Crippen molar-refractivity contribution in [3.8, 4) is 0 Å². The molecule has 0 aliphatic carbocycles. The summed E-state index contributed by atoms with van der Waals surface area (Å²) >= 11 is 12.6. The fourth-order valence-electron chi connectivity index (χ4n) is 1.86. The summed E-state index contributed by atoms with van der Waals surface area (Å²) in [6.07, 6.45) is 5.25. The van der Waals surface area contributed by atoms with Gasteiger partial charge in [-0.05, 0) is 63.6 Å². The van der Waals surface area contributed by atoms with E-state index in [1.807, 2.05) is 0 Å². The Kier molecular flexibility index (Phi) is 5.34. The van der Waals surface area contributed by atoms with Crippen molar-refractivity contribution in [2.24, 2.45) is 0 Å². The number of hydrogen-bond donors (Lipinski definition) is 0. The Bertz CT molecular complexity index is 327. The molecule has 0 bridgehead atoms. The Hall–Kier alpha value is 1.10. The van der Waals surface area contributed by atoms with E-state index in [1.54, 1.807) is 11.3 Å². The van der Waals surface area contributed by atoms with E-state index < -0.39 is 0 Å². The van der Waals surface area contributed by atoms with Gasteiger partial charge in [-0.1, -0.05) is 15.9 Å². The quantitative estimate of drug-likeness (QED) is 0.557. The van der Waals surface area contributed by atoms with Crippen molar-refractivity contribution in [1.29, 1.82) is 0 Å². The second kappa shape index (κ2) is 6.32. The molecule has 1 aliphatic heterocycles. The number of rotatable bonds is 4. The first-order chi connectivity index (χ1) is 7.66. The third kappa shape index (κ3) is 3.55. The predicted molar refractivity (Wildman–Crippen MR) is 79.6 cm³/mol. The van der Waals surface area contributed by atoms with Crippen LogP contribution in [-0.2, 0) is 4.74 Å². The van der Waals surface area contributed by atoms with Crippen LogP contribution >= 0.6 is 59.1 Å². The topological polar surface area (TPSA) is 9.23 Å². The number of halogens is 3. The third-order valence-corrected chi connectivity index (χ3v) is 7.36. The van der Waals surface area contributed by atoms with E-state index in [0.29, 0.717) is 10.9 Å². The molecule has 2 rings (SSSR count). The highest BCUT2D eigenvalue weighted by Gasteiger charge is 2.19. The summed E-state index contributed by atoms with van der Waals surface area (Å²) in [5, 5.41) is 0. The zero-order chi connectivity index (χ0) is 11.5. The summed E-state index contributed by atoms with van der Waals surface area (Å²) in [4.78, 5) is 1.82. The molecule has 1 aromatic heterocycles. The first kappa shape index (κ1) is 13.5. The summed E-state index contributed by atoms with van der Waals surface area (Å²) in [5.74, 6) is 0. The summed E-state index contributed by atoms with van der Waals surface area (Å²) in [6, 6.07) is 2.18. The monoisotopic (exact) mass is 430 g/mol. The van der Waals surface area contributed by atoms with Gasteiger partial charge in [0.2, 0.25) is 0 Å². The Morgan fingerprint density at radius 2 is 2.31 bits per heavy atom. The highest BCUT2D eigenvalue weighted by atomic mass is 79.9. The van der Waals surface area contributed by atoms with Crippen LogP contribution < -0.4 is 0 Å². The molecule has 1 fully saturated rings. The van der Waals surface area contributed by atoms with Crippen LogP contribution in [0.25, 0.3) is 0 Å². The summed E-state index contributed by atoms with van der Waals surface area (Å²) in [7, 11) is 0. The zero-order valence-corrected chi connectivity index (χ0v) is 14.3. The fourth-order valence-corrected chi connectivity index (χ4v) is 4.64. The first-order valence-electron chi connectivity index (χ1n) is 5.37. The van der Waals surface area contributed by atoms with Crippen molar-refractivity contribution < 1.29 is 4.74 Å². The van der Waals surface area contributed by atoms with Gasteiger partial charge in [0, 0.05) is 20.8 Å². The minimum absolute atomic E-state index is 0.448. The lowest BCUT2D eigenvalue weighted by atomic mass is 10.1. The number of thiophene rings is 1. The molecule has 0 saturated carbocycles. The van der Waals surface area contributed by atoms with Crippen molar-refractivity contribution in [3.05, 3.63) is 19.2 Å². The van der Waals surface area contributed by atoms with Crippen LogP contribution in [0.2, 0.25) is 0 Å². The molecule has 0 radical (unpaired) electrons. The van der Waals surface area contributed by atoms with Crippen LogP contribution in [0.3, 0.4) is 0 Å². The van der Waals surface area contributed by atoms with E-state index in [2.05, 4.69) is 53.9 Å². The third-order valence-electron chi connectivity index (χ3n) is 2.74. The molecule has 1 aliphatic rings. The summed E-state index contributed by atoms with van der Waals surface area (Å²) in [6.45, 7) is 0.952. The molecule has 0 spiro atoms. The van der Waals surface area contributed by atoms with Crippen LogP contribution in [-0.4, -0.2) is 12.7 Å². The second-order valence-electron chi connectivity index (χ2n) is 3.95. The van der Waals surface area contributed by atoms with E-state index in [1.165, 1.54) is 21.5 Å². The molecule has 1 nitrogen and oxygen atoms in total. The Morgan fingerprint density at radius 1 is 1.50 bits per heavy atom. The first-order valence-corrected chi connectivity index (χ1v) is 8.69. The van der Waals surface area contributed by atoms with Crippen LogP contribution in [0.15, 0.2) is 14.3 Å². The van der Waals surface area contributed by atoms with Crippen LogP contribution in [0.5, 0.6) is 0 Å². The lowest BCUT2D eigenvalue weighted by molar-refractivity contribution is 0.102. The van der Waals surface area contributed by atoms with Crippen molar-refractivity contribution in [2.75, 3.05) is 6.61 Å². The van der Waals surface area contributed by atoms with Crippen LogP contribution in [0.1, 0.15) is 35.4 Å². The second-order valence-corrected chi connectivity index (χ2v) is 8.31. The Balaban J connectivity index is 1.84. The van der Waals surface area contributed by atoms with Crippen LogP contribution in [0, 0.1) is 0 Å². The van der Waals surface area contributed by atoms with Gasteiger partial charge in [-0.15, -0.1) is 11.3 Å². The Labute approximate surface area is 125 Å². The molecular formula is C11H13Br3OS. The SMILES string of the molecule is Brc1cc(C(Br)CCC2CCCO2)sc1Br. The summed E-state index contributed by atoms with van der Waals surface area (Å²) in [5.41, 5.74) is 0. The molecule has 1 aromatic rings. The smallest absolute Gasteiger partial charge is 0.0843 e. The van der Waals surface area contributed by atoms with E-state index in [4.69, 9.17) is 4.74 Å². The molecule has 2 unspecified atom stereocenters. The van der Waals surface area contributed by atoms with Gasteiger partial charge in [-0.25, -0.2) is 0 Å². The molecule has 0 amide bonds. The molecule has 1 saturated heterocycles. The highest BCUT2D eigenvalue weighted by molar-refractivity contribution is 9.13. The lowest BCUT2D eigenvalue weighted by Gasteiger charge is -2.11. The van der Waals surface area contributed by atoms with E-state index in [9.17, 15) is 0 Å². The maximum absolute atomic E-state index is 5.63. The minimum Gasteiger partial charge on any atom is -0.378 e. The highest BCUT2D eigenvalue weighted by Crippen LogP contribution is 2.40. The van der Waals surface area contributed by atoms with Gasteiger partial charge in [-0.2, -0.15) is 0 Å². The van der Waals surface area contributed by atoms with Gasteiger partial charge < -0.3 is 4.74 Å². The maximum atomic E-state index is 5.63. The van der Waals surface area contributed by atoms with Gasteiger partial charge >= 0.3 is 0 Å². The normalized spacial score (nSPS) is 22.6. The Morgan fingerprint density at radius 3 is 2.88 bits per heavy atom. The molecule has 0 aromatic carbocycles. The van der Waals surface area contributed by atoms with Gasteiger partial charge in [0.25, 0.3) is 0 Å². The molecule has 0 N–H and O–H groups in total. The molecule has 90 valence electrons. The van der Waals surface area contributed by atoms with E-state index >= 15 is 0 Å². The lowest BCUT2D eigenvalue weighted by Crippen LogP contribution is -2.05. The average Bonchev–Trinajstić information content (AvgIpc) is 2.86. The number of ether oxygens (including phenoxy) is 1.